The number of guanidine groups is 1. The lowest BCUT2D eigenvalue weighted by Gasteiger charge is -2.09. The molecule has 0 bridgehead atoms. The van der Waals surface area contributed by atoms with Gasteiger partial charge in [-0.3, -0.25) is 4.99 Å². The van der Waals surface area contributed by atoms with Crippen LogP contribution in [0.5, 0.6) is 0 Å². The minimum absolute atomic E-state index is 0. The normalized spacial score (nSPS) is 11.6. The van der Waals surface area contributed by atoms with E-state index in [4.69, 9.17) is 0 Å². The van der Waals surface area contributed by atoms with Crippen LogP contribution in [0.25, 0.3) is 0 Å². The fourth-order valence-corrected chi connectivity index (χ4v) is 3.40. The standard InChI is InChI=1S/C12H20N4O2S2.HI/c1-3-7-14-12(13-4-2)15-8-9-16-20(17,18)11-6-5-10-19-11;/h3,5-6,10,16H,1,4,7-9H2,2H3,(H2,13,14,15);1H. The van der Waals surface area contributed by atoms with Gasteiger partial charge in [0.05, 0.1) is 6.54 Å². The minimum atomic E-state index is -3.40. The third-order valence-electron chi connectivity index (χ3n) is 2.19. The Balaban J connectivity index is 0.00000400. The first-order chi connectivity index (χ1) is 9.60. The van der Waals surface area contributed by atoms with Crippen molar-refractivity contribution in [1.29, 1.82) is 0 Å². The molecular weight excluding hydrogens is 423 g/mol. The Morgan fingerprint density at radius 3 is 2.81 bits per heavy atom. The molecule has 9 heteroatoms. The lowest BCUT2D eigenvalue weighted by atomic mass is 10.6. The number of nitrogens with one attached hydrogen (secondary N) is 3. The van der Waals surface area contributed by atoms with Crippen molar-refractivity contribution in [3.05, 3.63) is 30.2 Å². The van der Waals surface area contributed by atoms with Gasteiger partial charge in [0.15, 0.2) is 5.96 Å². The summed E-state index contributed by atoms with van der Waals surface area (Å²) in [6.45, 7) is 7.53. The zero-order valence-electron chi connectivity index (χ0n) is 11.8. The molecule has 6 nitrogen and oxygen atoms in total. The summed E-state index contributed by atoms with van der Waals surface area (Å²) < 4.78 is 26.5. The van der Waals surface area contributed by atoms with E-state index in [1.165, 1.54) is 11.3 Å². The molecule has 0 aliphatic rings. The maximum Gasteiger partial charge on any atom is 0.250 e. The quantitative estimate of drug-likeness (QED) is 0.186. The number of nitrogens with zero attached hydrogens (tertiary/aromatic N) is 1. The highest BCUT2D eigenvalue weighted by molar-refractivity contribution is 14.0. The number of sulfonamides is 1. The Morgan fingerprint density at radius 1 is 1.48 bits per heavy atom. The highest BCUT2D eigenvalue weighted by Gasteiger charge is 2.13. The van der Waals surface area contributed by atoms with E-state index in [0.29, 0.717) is 23.3 Å². The molecule has 120 valence electrons. The van der Waals surface area contributed by atoms with Crippen molar-refractivity contribution in [2.45, 2.75) is 11.1 Å². The molecule has 0 amide bonds. The van der Waals surface area contributed by atoms with Gasteiger partial charge in [-0.25, -0.2) is 13.1 Å². The topological polar surface area (TPSA) is 82.6 Å². The summed E-state index contributed by atoms with van der Waals surface area (Å²) in [5, 5.41) is 7.83. The van der Waals surface area contributed by atoms with Crippen molar-refractivity contribution in [2.75, 3.05) is 26.2 Å². The summed E-state index contributed by atoms with van der Waals surface area (Å²) in [4.78, 5) is 4.26. The first-order valence-corrected chi connectivity index (χ1v) is 8.62. The third-order valence-corrected chi connectivity index (χ3v) is 5.05. The van der Waals surface area contributed by atoms with Gasteiger partial charge in [0.1, 0.15) is 4.21 Å². The molecule has 0 aromatic carbocycles. The van der Waals surface area contributed by atoms with Gasteiger partial charge in [-0.2, -0.15) is 0 Å². The van der Waals surface area contributed by atoms with Gasteiger partial charge in [0, 0.05) is 19.6 Å². The van der Waals surface area contributed by atoms with Gasteiger partial charge in [-0.15, -0.1) is 41.9 Å². The van der Waals surface area contributed by atoms with Gasteiger partial charge < -0.3 is 10.6 Å². The molecule has 21 heavy (non-hydrogen) atoms. The van der Waals surface area contributed by atoms with Crippen LogP contribution in [0.2, 0.25) is 0 Å². The molecule has 0 aliphatic carbocycles. The summed E-state index contributed by atoms with van der Waals surface area (Å²) in [6.07, 6.45) is 1.73. The number of thiophene rings is 1. The molecule has 0 aliphatic heterocycles. The zero-order valence-corrected chi connectivity index (χ0v) is 15.8. The van der Waals surface area contributed by atoms with Gasteiger partial charge in [-0.05, 0) is 18.4 Å². The predicted molar refractivity (Wildman–Crippen MR) is 99.1 cm³/mol. The maximum atomic E-state index is 11.8. The molecule has 0 unspecified atom stereocenters. The zero-order chi connectivity index (χ0) is 14.8. The van der Waals surface area contributed by atoms with Gasteiger partial charge >= 0.3 is 0 Å². The Morgan fingerprint density at radius 2 is 2.24 bits per heavy atom. The fraction of sp³-hybridized carbons (Fsp3) is 0.417. The van der Waals surface area contributed by atoms with Gasteiger partial charge in [0.25, 0.3) is 0 Å². The summed E-state index contributed by atoms with van der Waals surface area (Å²) >= 11 is 1.19. The second-order valence-electron chi connectivity index (χ2n) is 3.76. The average molecular weight is 444 g/mol. The van der Waals surface area contributed by atoms with E-state index in [0.717, 1.165) is 6.54 Å². The minimum Gasteiger partial charge on any atom is -0.357 e. The van der Waals surface area contributed by atoms with Crippen molar-refractivity contribution in [3.8, 4) is 0 Å². The van der Waals surface area contributed by atoms with E-state index < -0.39 is 10.0 Å². The summed E-state index contributed by atoms with van der Waals surface area (Å²) in [5.74, 6) is 0.641. The predicted octanol–water partition coefficient (Wildman–Crippen LogP) is 1.39. The second-order valence-corrected chi connectivity index (χ2v) is 6.70. The Bertz CT molecular complexity index is 529. The molecule has 0 saturated carbocycles. The molecule has 0 atom stereocenters. The van der Waals surface area contributed by atoms with Crippen LogP contribution in [0.15, 0.2) is 39.4 Å². The molecule has 0 spiro atoms. The molecular formula is C12H21IN4O2S2. The molecule has 3 N–H and O–H groups in total. The Kier molecular flexibility index (Phi) is 10.6. The number of hydrogen-bond acceptors (Lipinski definition) is 4. The van der Waals surface area contributed by atoms with Crippen molar-refractivity contribution < 1.29 is 8.42 Å². The molecule has 1 aromatic rings. The smallest absolute Gasteiger partial charge is 0.250 e. The van der Waals surface area contributed by atoms with Crippen LogP contribution in [-0.4, -0.2) is 40.6 Å². The molecule has 0 radical (unpaired) electrons. The lowest BCUT2D eigenvalue weighted by molar-refractivity contribution is 0.584. The van der Waals surface area contributed by atoms with E-state index in [1.807, 2.05) is 6.92 Å². The van der Waals surface area contributed by atoms with Crippen LogP contribution in [0.1, 0.15) is 6.92 Å². The van der Waals surface area contributed by atoms with Crippen molar-refractivity contribution >= 4 is 51.3 Å². The van der Waals surface area contributed by atoms with Crippen molar-refractivity contribution in [1.82, 2.24) is 15.4 Å². The van der Waals surface area contributed by atoms with Crippen LogP contribution in [0.3, 0.4) is 0 Å². The third kappa shape index (κ3) is 7.79. The van der Waals surface area contributed by atoms with E-state index in [1.54, 1.807) is 23.6 Å². The van der Waals surface area contributed by atoms with E-state index in [9.17, 15) is 8.42 Å². The SMILES string of the molecule is C=CCNC(=NCCNS(=O)(=O)c1cccs1)NCC.I. The Hall–Kier alpha value is -0.650. The average Bonchev–Trinajstić information content (AvgIpc) is 2.95. The number of aliphatic imine (C=N–C) groups is 1. The van der Waals surface area contributed by atoms with Crippen molar-refractivity contribution in [2.24, 2.45) is 4.99 Å². The van der Waals surface area contributed by atoms with Crippen LogP contribution in [0.4, 0.5) is 0 Å². The first kappa shape index (κ1) is 20.3. The van der Waals surface area contributed by atoms with E-state index >= 15 is 0 Å². The summed E-state index contributed by atoms with van der Waals surface area (Å²) in [5.41, 5.74) is 0. The molecule has 1 rings (SSSR count). The molecule has 0 saturated heterocycles. The number of halogens is 1. The highest BCUT2D eigenvalue weighted by atomic mass is 127. The van der Waals surface area contributed by atoms with Crippen molar-refractivity contribution in [3.63, 3.8) is 0 Å². The number of hydrogen-bond donors (Lipinski definition) is 3. The van der Waals surface area contributed by atoms with Crippen LogP contribution >= 0.6 is 35.3 Å². The second kappa shape index (κ2) is 11.0. The Labute approximate surface area is 147 Å². The highest BCUT2D eigenvalue weighted by Crippen LogP contribution is 2.14. The summed E-state index contributed by atoms with van der Waals surface area (Å²) in [7, 11) is -3.40. The lowest BCUT2D eigenvalue weighted by Crippen LogP contribution is -2.38. The van der Waals surface area contributed by atoms with E-state index in [-0.39, 0.29) is 30.5 Å². The monoisotopic (exact) mass is 444 g/mol. The van der Waals surface area contributed by atoms with E-state index in [2.05, 4.69) is 26.9 Å². The van der Waals surface area contributed by atoms with Crippen LogP contribution in [-0.2, 0) is 10.0 Å². The summed E-state index contributed by atoms with van der Waals surface area (Å²) in [6, 6.07) is 3.28. The molecule has 1 aromatic heterocycles. The molecule has 0 fully saturated rings. The largest absolute Gasteiger partial charge is 0.357 e. The van der Waals surface area contributed by atoms with Crippen LogP contribution < -0.4 is 15.4 Å². The first-order valence-electron chi connectivity index (χ1n) is 6.26. The van der Waals surface area contributed by atoms with Gasteiger partial charge in [0.2, 0.25) is 10.0 Å². The van der Waals surface area contributed by atoms with Gasteiger partial charge in [-0.1, -0.05) is 12.1 Å². The molecule has 1 heterocycles. The number of rotatable bonds is 8. The maximum absolute atomic E-state index is 11.8. The fourth-order valence-electron chi connectivity index (χ4n) is 1.35. The van der Waals surface area contributed by atoms with Crippen LogP contribution in [0, 0.1) is 0 Å².